The van der Waals surface area contributed by atoms with Crippen molar-refractivity contribution in [2.75, 3.05) is 18.1 Å². The number of halogens is 6. The topological polar surface area (TPSA) is 47.9 Å². The molecular weight excluding hydrogens is 544 g/mol. The number of alkyl halides is 3. The van der Waals surface area contributed by atoms with E-state index in [1.807, 2.05) is 0 Å². The van der Waals surface area contributed by atoms with Gasteiger partial charge in [-0.15, -0.1) is 0 Å². The number of nitrogens with zero attached hydrogens (tertiary/aromatic N) is 3. The van der Waals surface area contributed by atoms with Gasteiger partial charge in [0.15, 0.2) is 0 Å². The third kappa shape index (κ3) is 5.31. The van der Waals surface area contributed by atoms with Crippen molar-refractivity contribution in [3.63, 3.8) is 0 Å². The van der Waals surface area contributed by atoms with Crippen molar-refractivity contribution in [3.05, 3.63) is 62.5 Å². The molecule has 4 rings (SSSR count). The van der Waals surface area contributed by atoms with Crippen molar-refractivity contribution in [2.24, 2.45) is 11.0 Å². The lowest BCUT2D eigenvalue weighted by Crippen LogP contribution is -2.50. The Morgan fingerprint density at radius 1 is 1.06 bits per heavy atom. The summed E-state index contributed by atoms with van der Waals surface area (Å²) in [6, 6.07) is 9.58. The Morgan fingerprint density at radius 3 is 2.33 bits per heavy atom. The SMILES string of the molecule is O=C(NN1CCCCC1)C1=NN(c2ccc(Cl)cc2Cl)C(c2ccc(Br)cc2)C1C(F)(F)F. The minimum Gasteiger partial charge on any atom is -0.284 e. The standard InChI is InChI=1S/C22H20BrCl2F3N4O/c23-14-6-4-13(5-7-14)20-18(22(26,27)28)19(21(33)30-31-10-2-1-3-11-31)29-32(20)17-9-8-15(24)12-16(17)25/h4-9,12,18,20H,1-3,10-11H2,(H,30,33). The first-order chi connectivity index (χ1) is 15.6. The van der Waals surface area contributed by atoms with Gasteiger partial charge in [-0.25, -0.2) is 5.01 Å². The lowest BCUT2D eigenvalue weighted by Gasteiger charge is -2.30. The number of hydrazine groups is 1. The van der Waals surface area contributed by atoms with Crippen LogP contribution in [0.15, 0.2) is 52.0 Å². The Bertz CT molecular complexity index is 1060. The molecule has 0 saturated carbocycles. The number of hydrogen-bond donors (Lipinski definition) is 1. The molecule has 2 aliphatic rings. The van der Waals surface area contributed by atoms with E-state index in [0.29, 0.717) is 28.1 Å². The molecule has 1 amide bonds. The van der Waals surface area contributed by atoms with E-state index < -0.39 is 29.8 Å². The molecule has 1 N–H and O–H groups in total. The van der Waals surface area contributed by atoms with Crippen LogP contribution in [-0.4, -0.2) is 35.9 Å². The maximum Gasteiger partial charge on any atom is 0.399 e. The van der Waals surface area contributed by atoms with Crippen molar-refractivity contribution in [1.82, 2.24) is 10.4 Å². The predicted octanol–water partition coefficient (Wildman–Crippen LogP) is 6.37. The van der Waals surface area contributed by atoms with E-state index in [0.717, 1.165) is 19.3 Å². The van der Waals surface area contributed by atoms with Gasteiger partial charge in [0.1, 0.15) is 11.6 Å². The van der Waals surface area contributed by atoms with Gasteiger partial charge in [-0.2, -0.15) is 18.3 Å². The van der Waals surface area contributed by atoms with Crippen LogP contribution in [0.1, 0.15) is 30.9 Å². The van der Waals surface area contributed by atoms with Gasteiger partial charge in [0.25, 0.3) is 5.91 Å². The second-order valence-corrected chi connectivity index (χ2v) is 9.69. The van der Waals surface area contributed by atoms with Crippen LogP contribution in [-0.2, 0) is 4.79 Å². The van der Waals surface area contributed by atoms with Crippen LogP contribution in [0.2, 0.25) is 10.0 Å². The van der Waals surface area contributed by atoms with Crippen molar-refractivity contribution >= 4 is 56.4 Å². The summed E-state index contributed by atoms with van der Waals surface area (Å²) >= 11 is 15.6. The Hall–Kier alpha value is -1.81. The number of benzene rings is 2. The van der Waals surface area contributed by atoms with Gasteiger partial charge in [0.05, 0.1) is 16.8 Å². The van der Waals surface area contributed by atoms with E-state index in [2.05, 4.69) is 26.5 Å². The Labute approximate surface area is 207 Å². The van der Waals surface area contributed by atoms with Crippen LogP contribution >= 0.6 is 39.1 Å². The molecule has 0 aromatic heterocycles. The number of piperidine rings is 1. The average Bonchev–Trinajstić information content (AvgIpc) is 3.16. The summed E-state index contributed by atoms with van der Waals surface area (Å²) in [7, 11) is 0. The summed E-state index contributed by atoms with van der Waals surface area (Å²) in [4.78, 5) is 13.0. The molecule has 2 atom stereocenters. The summed E-state index contributed by atoms with van der Waals surface area (Å²) < 4.78 is 44.1. The molecule has 2 aromatic carbocycles. The number of anilines is 1. The van der Waals surface area contributed by atoms with E-state index in [-0.39, 0.29) is 10.7 Å². The van der Waals surface area contributed by atoms with Crippen molar-refractivity contribution < 1.29 is 18.0 Å². The zero-order valence-electron chi connectivity index (χ0n) is 17.2. The minimum absolute atomic E-state index is 0.131. The summed E-state index contributed by atoms with van der Waals surface area (Å²) in [5.74, 6) is -3.02. The molecule has 2 heterocycles. The first kappa shape index (κ1) is 24.3. The maximum atomic E-state index is 14.5. The first-order valence-corrected chi connectivity index (χ1v) is 11.9. The molecule has 0 bridgehead atoms. The summed E-state index contributed by atoms with van der Waals surface area (Å²) in [6.45, 7) is 1.16. The number of hydrogen-bond acceptors (Lipinski definition) is 4. The molecule has 176 valence electrons. The quantitative estimate of drug-likeness (QED) is 0.470. The maximum absolute atomic E-state index is 14.5. The van der Waals surface area contributed by atoms with Gasteiger partial charge in [0.2, 0.25) is 0 Å². The van der Waals surface area contributed by atoms with Crippen LogP contribution in [0, 0.1) is 5.92 Å². The molecule has 33 heavy (non-hydrogen) atoms. The zero-order valence-corrected chi connectivity index (χ0v) is 20.3. The van der Waals surface area contributed by atoms with Crippen LogP contribution in [0.3, 0.4) is 0 Å². The summed E-state index contributed by atoms with van der Waals surface area (Å²) in [5, 5.41) is 7.48. The number of carbonyl (C=O) groups excluding carboxylic acids is 1. The van der Waals surface area contributed by atoms with E-state index in [4.69, 9.17) is 23.2 Å². The highest BCUT2D eigenvalue weighted by atomic mass is 79.9. The highest BCUT2D eigenvalue weighted by Crippen LogP contribution is 2.48. The lowest BCUT2D eigenvalue weighted by atomic mass is 9.88. The van der Waals surface area contributed by atoms with E-state index >= 15 is 0 Å². The molecule has 2 aromatic rings. The third-order valence-electron chi connectivity index (χ3n) is 5.66. The molecule has 0 spiro atoms. The fourth-order valence-electron chi connectivity index (χ4n) is 4.12. The molecule has 5 nitrogen and oxygen atoms in total. The number of amides is 1. The normalized spacial score (nSPS) is 21.8. The summed E-state index contributed by atoms with van der Waals surface area (Å²) in [5.41, 5.74) is 2.58. The molecular formula is C22H20BrCl2F3N4O. The molecule has 1 saturated heterocycles. The molecule has 1 fully saturated rings. The lowest BCUT2D eigenvalue weighted by molar-refractivity contribution is -0.160. The Morgan fingerprint density at radius 2 is 1.73 bits per heavy atom. The van der Waals surface area contributed by atoms with Crippen LogP contribution in [0.4, 0.5) is 18.9 Å². The minimum atomic E-state index is -4.73. The molecule has 0 radical (unpaired) electrons. The molecule has 0 aliphatic carbocycles. The van der Waals surface area contributed by atoms with Crippen molar-refractivity contribution in [1.29, 1.82) is 0 Å². The van der Waals surface area contributed by atoms with Gasteiger partial charge in [-0.05, 0) is 48.7 Å². The second kappa shape index (κ2) is 9.82. The van der Waals surface area contributed by atoms with Crippen molar-refractivity contribution in [3.8, 4) is 0 Å². The number of nitrogens with one attached hydrogen (secondary N) is 1. The first-order valence-electron chi connectivity index (χ1n) is 10.4. The highest BCUT2D eigenvalue weighted by molar-refractivity contribution is 9.10. The van der Waals surface area contributed by atoms with Crippen molar-refractivity contribution in [2.45, 2.75) is 31.5 Å². The smallest absolute Gasteiger partial charge is 0.284 e. The Kier molecular flexibility index (Phi) is 7.23. The zero-order chi connectivity index (χ0) is 23.8. The van der Waals surface area contributed by atoms with Gasteiger partial charge < -0.3 is 0 Å². The van der Waals surface area contributed by atoms with E-state index in [1.54, 1.807) is 29.3 Å². The second-order valence-electron chi connectivity index (χ2n) is 7.93. The summed E-state index contributed by atoms with van der Waals surface area (Å²) in [6.07, 6.45) is -1.98. The average molecular weight is 564 g/mol. The fourth-order valence-corrected chi connectivity index (χ4v) is 4.88. The number of rotatable bonds is 4. The monoisotopic (exact) mass is 562 g/mol. The van der Waals surface area contributed by atoms with Crippen LogP contribution in [0.5, 0.6) is 0 Å². The van der Waals surface area contributed by atoms with Gasteiger partial charge >= 0.3 is 6.18 Å². The fraction of sp³-hybridized carbons (Fsp3) is 0.364. The Balaban J connectivity index is 1.79. The van der Waals surface area contributed by atoms with Gasteiger partial charge in [0, 0.05) is 22.6 Å². The molecule has 11 heteroatoms. The number of carbonyl (C=O) groups is 1. The van der Waals surface area contributed by atoms with E-state index in [9.17, 15) is 18.0 Å². The molecule has 2 unspecified atom stereocenters. The van der Waals surface area contributed by atoms with Gasteiger partial charge in [-0.1, -0.05) is 57.7 Å². The predicted molar refractivity (Wildman–Crippen MR) is 126 cm³/mol. The highest BCUT2D eigenvalue weighted by Gasteiger charge is 2.56. The largest absolute Gasteiger partial charge is 0.399 e. The van der Waals surface area contributed by atoms with Crippen LogP contribution < -0.4 is 10.4 Å². The third-order valence-corrected chi connectivity index (χ3v) is 6.72. The molecule has 2 aliphatic heterocycles. The van der Waals surface area contributed by atoms with Gasteiger partial charge in [-0.3, -0.25) is 15.2 Å². The van der Waals surface area contributed by atoms with E-state index in [1.165, 1.54) is 23.2 Å². The number of hydrazone groups is 1. The van der Waals surface area contributed by atoms with Crippen LogP contribution in [0.25, 0.3) is 0 Å².